The van der Waals surface area contributed by atoms with Crippen LogP contribution in [0.3, 0.4) is 0 Å². The van der Waals surface area contributed by atoms with Gasteiger partial charge in [-0.2, -0.15) is 0 Å². The van der Waals surface area contributed by atoms with Crippen molar-refractivity contribution in [3.63, 3.8) is 0 Å². The number of carbonyl (C=O) groups excluding carboxylic acids is 1. The molecule has 7 heteroatoms. The fourth-order valence-corrected chi connectivity index (χ4v) is 6.04. The Morgan fingerprint density at radius 1 is 1.15 bits per heavy atom. The molecule has 2 atom stereocenters. The van der Waals surface area contributed by atoms with Crippen molar-refractivity contribution in [3.05, 3.63) is 30.1 Å². The molecule has 3 fully saturated rings. The standard InChI is InChI=1S/C27H33N5O2/c1-16-29-24-20-11-4-5-12-22(20)34-26(24)27(30-16)32-15-17(13-21(32)25(33)18-7-6-8-18)14-23(28)31-19-9-2-3-10-19/h4-5,11-12,17-19,21H,2-3,6-10,13-15H2,1H3,(H2,28,31). The van der Waals surface area contributed by atoms with Crippen LogP contribution < -0.4 is 10.6 Å². The molecule has 2 N–H and O–H groups in total. The number of aromatic nitrogens is 2. The SMILES string of the molecule is Cc1nc(N2CC(CC(N)=NC3CCCC3)CC2C(=O)C2CCC2)c2oc3ccccc3c2n1. The van der Waals surface area contributed by atoms with Gasteiger partial charge >= 0.3 is 0 Å². The molecule has 3 aliphatic rings. The van der Waals surface area contributed by atoms with Crippen LogP contribution in [0.15, 0.2) is 33.7 Å². The summed E-state index contributed by atoms with van der Waals surface area (Å²) < 4.78 is 6.26. The van der Waals surface area contributed by atoms with Crippen LogP contribution in [0.4, 0.5) is 5.82 Å². The Morgan fingerprint density at radius 2 is 1.94 bits per heavy atom. The van der Waals surface area contributed by atoms with Crippen LogP contribution in [-0.2, 0) is 4.79 Å². The Balaban J connectivity index is 1.35. The first-order valence-corrected chi connectivity index (χ1v) is 12.8. The minimum absolute atomic E-state index is 0.171. The molecule has 0 spiro atoms. The molecule has 2 aromatic heterocycles. The molecule has 3 heterocycles. The number of fused-ring (bicyclic) bond motifs is 3. The second kappa shape index (κ2) is 8.67. The predicted molar refractivity (Wildman–Crippen MR) is 134 cm³/mol. The molecule has 2 saturated carbocycles. The lowest BCUT2D eigenvalue weighted by atomic mass is 9.79. The Bertz CT molecular complexity index is 1250. The highest BCUT2D eigenvalue weighted by Crippen LogP contribution is 2.40. The summed E-state index contributed by atoms with van der Waals surface area (Å²) in [5.74, 6) is 2.96. The van der Waals surface area contributed by atoms with Crippen molar-refractivity contribution < 1.29 is 9.21 Å². The highest BCUT2D eigenvalue weighted by molar-refractivity contribution is 6.06. The fraction of sp³-hybridized carbons (Fsp3) is 0.556. The number of furan rings is 1. The highest BCUT2D eigenvalue weighted by atomic mass is 16.3. The average molecular weight is 460 g/mol. The summed E-state index contributed by atoms with van der Waals surface area (Å²) >= 11 is 0. The number of hydrogen-bond donors (Lipinski definition) is 1. The van der Waals surface area contributed by atoms with Crippen molar-refractivity contribution in [1.29, 1.82) is 0 Å². The maximum Gasteiger partial charge on any atom is 0.196 e. The van der Waals surface area contributed by atoms with E-state index in [1.54, 1.807) is 0 Å². The summed E-state index contributed by atoms with van der Waals surface area (Å²) in [6.07, 6.45) is 9.46. The van der Waals surface area contributed by atoms with E-state index in [1.807, 2.05) is 31.2 Å². The number of amidine groups is 1. The molecular formula is C27H33N5O2. The average Bonchev–Trinajstić information content (AvgIpc) is 3.51. The molecule has 0 bridgehead atoms. The number of rotatable bonds is 6. The topological polar surface area (TPSA) is 97.6 Å². The van der Waals surface area contributed by atoms with Crippen molar-refractivity contribution in [2.24, 2.45) is 22.6 Å². The van der Waals surface area contributed by atoms with E-state index in [9.17, 15) is 4.79 Å². The van der Waals surface area contributed by atoms with Crippen molar-refractivity contribution in [2.45, 2.75) is 76.8 Å². The molecule has 7 nitrogen and oxygen atoms in total. The van der Waals surface area contributed by atoms with E-state index >= 15 is 0 Å². The minimum atomic E-state index is -0.194. The fourth-order valence-electron chi connectivity index (χ4n) is 6.04. The van der Waals surface area contributed by atoms with Crippen LogP contribution in [0.1, 0.15) is 63.6 Å². The van der Waals surface area contributed by atoms with Crippen LogP contribution in [0, 0.1) is 18.8 Å². The van der Waals surface area contributed by atoms with Crippen LogP contribution in [0.2, 0.25) is 0 Å². The van der Waals surface area contributed by atoms with Crippen LogP contribution in [0.25, 0.3) is 22.1 Å². The number of nitrogens with zero attached hydrogens (tertiary/aromatic N) is 4. The van der Waals surface area contributed by atoms with E-state index < -0.39 is 0 Å². The molecule has 1 aromatic carbocycles. The number of aryl methyl sites for hydroxylation is 1. The second-order valence-corrected chi connectivity index (χ2v) is 10.4. The van der Waals surface area contributed by atoms with Gasteiger partial charge in [0.05, 0.1) is 17.9 Å². The van der Waals surface area contributed by atoms with Gasteiger partial charge in [-0.05, 0) is 57.1 Å². The largest absolute Gasteiger partial charge is 0.450 e. The maximum atomic E-state index is 13.5. The number of hydrogen-bond acceptors (Lipinski definition) is 6. The van der Waals surface area contributed by atoms with Crippen molar-refractivity contribution in [2.75, 3.05) is 11.4 Å². The highest BCUT2D eigenvalue weighted by Gasteiger charge is 2.42. The lowest BCUT2D eigenvalue weighted by molar-refractivity contribution is -0.126. The molecule has 1 aliphatic heterocycles. The van der Waals surface area contributed by atoms with Gasteiger partial charge in [-0.3, -0.25) is 9.79 Å². The summed E-state index contributed by atoms with van der Waals surface area (Å²) in [5.41, 5.74) is 8.69. The third-order valence-corrected chi connectivity index (χ3v) is 7.98. The summed E-state index contributed by atoms with van der Waals surface area (Å²) in [6, 6.07) is 8.13. The lowest BCUT2D eigenvalue weighted by Gasteiger charge is -2.31. The molecule has 178 valence electrons. The zero-order valence-electron chi connectivity index (χ0n) is 19.9. The first-order valence-electron chi connectivity index (χ1n) is 12.8. The molecule has 0 radical (unpaired) electrons. The first-order chi connectivity index (χ1) is 16.6. The number of benzene rings is 1. The van der Waals surface area contributed by atoms with E-state index in [4.69, 9.17) is 25.1 Å². The van der Waals surface area contributed by atoms with Crippen molar-refractivity contribution >= 4 is 39.5 Å². The van der Waals surface area contributed by atoms with E-state index in [1.165, 1.54) is 12.8 Å². The number of aliphatic imine (C=N–C) groups is 1. The van der Waals surface area contributed by atoms with Gasteiger partial charge < -0.3 is 15.1 Å². The molecule has 0 amide bonds. The van der Waals surface area contributed by atoms with E-state index in [-0.39, 0.29) is 17.9 Å². The monoisotopic (exact) mass is 459 g/mol. The van der Waals surface area contributed by atoms with Crippen LogP contribution >= 0.6 is 0 Å². The van der Waals surface area contributed by atoms with Gasteiger partial charge in [-0.25, -0.2) is 9.97 Å². The molecule has 2 unspecified atom stereocenters. The van der Waals surface area contributed by atoms with Gasteiger partial charge in [0, 0.05) is 24.3 Å². The lowest BCUT2D eigenvalue weighted by Crippen LogP contribution is -2.42. The summed E-state index contributed by atoms with van der Waals surface area (Å²) in [7, 11) is 0. The third kappa shape index (κ3) is 3.85. The normalized spacial score (nSPS) is 24.4. The molecular weight excluding hydrogens is 426 g/mol. The summed E-state index contributed by atoms with van der Waals surface area (Å²) in [4.78, 5) is 30.1. The minimum Gasteiger partial charge on any atom is -0.450 e. The van der Waals surface area contributed by atoms with Crippen molar-refractivity contribution in [3.8, 4) is 0 Å². The van der Waals surface area contributed by atoms with E-state index in [2.05, 4.69) is 4.90 Å². The predicted octanol–water partition coefficient (Wildman–Crippen LogP) is 4.94. The number of carbonyl (C=O) groups is 1. The Labute approximate surface area is 199 Å². The second-order valence-electron chi connectivity index (χ2n) is 10.4. The van der Waals surface area contributed by atoms with Gasteiger partial charge in [-0.1, -0.05) is 31.4 Å². The van der Waals surface area contributed by atoms with Gasteiger partial charge in [0.1, 0.15) is 16.9 Å². The van der Waals surface area contributed by atoms with Crippen LogP contribution in [0.5, 0.6) is 0 Å². The quantitative estimate of drug-likeness (QED) is 0.414. The maximum absolute atomic E-state index is 13.5. The van der Waals surface area contributed by atoms with Crippen LogP contribution in [-0.4, -0.2) is 40.2 Å². The number of anilines is 1. The third-order valence-electron chi connectivity index (χ3n) is 7.98. The van der Waals surface area contributed by atoms with Crippen molar-refractivity contribution in [1.82, 2.24) is 9.97 Å². The van der Waals surface area contributed by atoms with Gasteiger partial charge in [0.2, 0.25) is 0 Å². The zero-order chi connectivity index (χ0) is 23.2. The number of para-hydroxylation sites is 1. The van der Waals surface area contributed by atoms with Gasteiger partial charge in [-0.15, -0.1) is 0 Å². The molecule has 6 rings (SSSR count). The number of nitrogens with two attached hydrogens (primary N) is 1. The summed E-state index contributed by atoms with van der Waals surface area (Å²) in [6.45, 7) is 2.64. The molecule has 34 heavy (non-hydrogen) atoms. The van der Waals surface area contributed by atoms with E-state index in [0.717, 1.165) is 79.6 Å². The molecule has 2 aliphatic carbocycles. The molecule has 3 aromatic rings. The Hall–Kier alpha value is -2.96. The summed E-state index contributed by atoms with van der Waals surface area (Å²) in [5, 5.41) is 0.981. The smallest absolute Gasteiger partial charge is 0.196 e. The van der Waals surface area contributed by atoms with Gasteiger partial charge in [0.25, 0.3) is 0 Å². The first kappa shape index (κ1) is 21.6. The number of Topliss-reactive ketones (excluding diaryl/α,β-unsaturated/α-hetero) is 1. The zero-order valence-corrected chi connectivity index (χ0v) is 19.9. The van der Waals surface area contributed by atoms with E-state index in [0.29, 0.717) is 23.2 Å². The Morgan fingerprint density at radius 3 is 2.71 bits per heavy atom. The van der Waals surface area contributed by atoms with Gasteiger partial charge in [0.15, 0.2) is 17.2 Å². The number of ketones is 1. The Kier molecular flexibility index (Phi) is 5.50. The molecule has 1 saturated heterocycles.